The van der Waals surface area contributed by atoms with E-state index < -0.39 is 0 Å². The average Bonchev–Trinajstić information content (AvgIpc) is 2.98. The van der Waals surface area contributed by atoms with Crippen LogP contribution in [0.3, 0.4) is 0 Å². The molecule has 2 rings (SSSR count). The Morgan fingerprint density at radius 2 is 2.32 bits per heavy atom. The highest BCUT2D eigenvalue weighted by molar-refractivity contribution is 5.79. The molecule has 2 unspecified atom stereocenters. The van der Waals surface area contributed by atoms with Crippen molar-refractivity contribution in [1.29, 1.82) is 0 Å². The largest absolute Gasteiger partial charge is 0.497 e. The molecule has 0 spiro atoms. The zero-order chi connectivity index (χ0) is 13.7. The van der Waals surface area contributed by atoms with Crippen LogP contribution in [0.25, 0.3) is 0 Å². The lowest BCUT2D eigenvalue weighted by molar-refractivity contribution is -0.142. The Morgan fingerprint density at radius 1 is 1.47 bits per heavy atom. The topological polar surface area (TPSA) is 56.8 Å². The van der Waals surface area contributed by atoms with Crippen LogP contribution in [0.5, 0.6) is 5.75 Å². The minimum Gasteiger partial charge on any atom is -0.497 e. The molecular weight excluding hydrogens is 246 g/mol. The normalized spacial score (nSPS) is 19.8. The summed E-state index contributed by atoms with van der Waals surface area (Å²) in [6.07, 6.45) is 0.858. The third kappa shape index (κ3) is 3.38. The molecule has 1 aliphatic heterocycles. The van der Waals surface area contributed by atoms with Crippen molar-refractivity contribution in [2.75, 3.05) is 32.8 Å². The molecule has 5 heteroatoms. The molecular formula is C14H19NO4. The van der Waals surface area contributed by atoms with E-state index in [0.29, 0.717) is 13.2 Å². The van der Waals surface area contributed by atoms with Crippen LogP contribution in [0.4, 0.5) is 5.69 Å². The van der Waals surface area contributed by atoms with Gasteiger partial charge in [0.2, 0.25) is 0 Å². The predicted molar refractivity (Wildman–Crippen MR) is 71.3 cm³/mol. The summed E-state index contributed by atoms with van der Waals surface area (Å²) in [6, 6.07) is 7.09. The monoisotopic (exact) mass is 265 g/mol. The Morgan fingerprint density at radius 3 is 2.95 bits per heavy atom. The van der Waals surface area contributed by atoms with Crippen molar-refractivity contribution in [2.24, 2.45) is 5.92 Å². The van der Waals surface area contributed by atoms with E-state index in [2.05, 4.69) is 5.32 Å². The van der Waals surface area contributed by atoms with Crippen molar-refractivity contribution >= 4 is 11.7 Å². The summed E-state index contributed by atoms with van der Waals surface area (Å²) < 4.78 is 15.4. The van der Waals surface area contributed by atoms with Gasteiger partial charge in [0.05, 0.1) is 20.8 Å². The lowest BCUT2D eigenvalue weighted by atomic mass is 9.99. The second-order valence-corrected chi connectivity index (χ2v) is 4.50. The van der Waals surface area contributed by atoms with Gasteiger partial charge in [-0.1, -0.05) is 6.07 Å². The number of rotatable bonds is 5. The molecule has 1 aliphatic rings. The van der Waals surface area contributed by atoms with Crippen molar-refractivity contribution in [3.63, 3.8) is 0 Å². The summed E-state index contributed by atoms with van der Waals surface area (Å²) in [7, 11) is 3.01. The van der Waals surface area contributed by atoms with Crippen LogP contribution < -0.4 is 10.1 Å². The Hall–Kier alpha value is -1.75. The van der Waals surface area contributed by atoms with Gasteiger partial charge in [-0.05, 0) is 18.6 Å². The second kappa shape index (κ2) is 6.43. The third-order valence-electron chi connectivity index (χ3n) is 3.28. The van der Waals surface area contributed by atoms with Crippen molar-refractivity contribution in [3.05, 3.63) is 24.3 Å². The van der Waals surface area contributed by atoms with Crippen LogP contribution in [0.1, 0.15) is 6.42 Å². The van der Waals surface area contributed by atoms with Gasteiger partial charge in [0.25, 0.3) is 0 Å². The lowest BCUT2D eigenvalue weighted by Crippen LogP contribution is -2.38. The van der Waals surface area contributed by atoms with Crippen molar-refractivity contribution in [2.45, 2.75) is 12.5 Å². The number of hydrogen-bond acceptors (Lipinski definition) is 5. The zero-order valence-corrected chi connectivity index (χ0v) is 11.2. The first-order valence-electron chi connectivity index (χ1n) is 6.30. The summed E-state index contributed by atoms with van der Waals surface area (Å²) in [6.45, 7) is 1.27. The summed E-state index contributed by atoms with van der Waals surface area (Å²) in [5.41, 5.74) is 0.835. The van der Waals surface area contributed by atoms with Crippen LogP contribution in [0.15, 0.2) is 24.3 Å². The molecule has 1 aromatic carbocycles. The van der Waals surface area contributed by atoms with Crippen molar-refractivity contribution in [3.8, 4) is 5.75 Å². The molecule has 0 aliphatic carbocycles. The number of carbonyl (C=O) groups is 1. The first-order valence-corrected chi connectivity index (χ1v) is 6.30. The summed E-state index contributed by atoms with van der Waals surface area (Å²) >= 11 is 0. The fourth-order valence-electron chi connectivity index (χ4n) is 2.20. The molecule has 1 saturated heterocycles. The molecule has 1 fully saturated rings. The number of carbonyl (C=O) groups excluding carboxylic acids is 1. The molecule has 0 aromatic heterocycles. The highest BCUT2D eigenvalue weighted by atomic mass is 16.5. The summed E-state index contributed by atoms with van der Waals surface area (Å²) in [5, 5.41) is 3.21. The number of hydrogen-bond donors (Lipinski definition) is 1. The van der Waals surface area contributed by atoms with Gasteiger partial charge in [-0.2, -0.15) is 0 Å². The van der Waals surface area contributed by atoms with Gasteiger partial charge in [0.1, 0.15) is 11.8 Å². The summed E-state index contributed by atoms with van der Waals surface area (Å²) in [5.74, 6) is 0.619. The molecule has 0 saturated carbocycles. The van der Waals surface area contributed by atoms with Gasteiger partial charge in [-0.25, -0.2) is 4.79 Å². The number of esters is 1. The van der Waals surface area contributed by atoms with Crippen molar-refractivity contribution in [1.82, 2.24) is 0 Å². The Bertz CT molecular complexity index is 429. The van der Waals surface area contributed by atoms with E-state index in [1.54, 1.807) is 7.11 Å². The first-order chi connectivity index (χ1) is 9.24. The molecule has 5 nitrogen and oxygen atoms in total. The van der Waals surface area contributed by atoms with Crippen LogP contribution in [0.2, 0.25) is 0 Å². The second-order valence-electron chi connectivity index (χ2n) is 4.50. The van der Waals surface area contributed by atoms with Gasteiger partial charge in [-0.15, -0.1) is 0 Å². The van der Waals surface area contributed by atoms with E-state index in [0.717, 1.165) is 17.9 Å². The number of anilines is 1. The standard InChI is InChI=1S/C14H19NO4/c1-17-12-5-3-4-11(8-12)15-13(14(16)18-2)10-6-7-19-9-10/h3-5,8,10,13,15H,6-7,9H2,1-2H3. The fraction of sp³-hybridized carbons (Fsp3) is 0.500. The molecule has 0 bridgehead atoms. The predicted octanol–water partition coefficient (Wildman–Crippen LogP) is 1.69. The van der Waals surface area contributed by atoms with Crippen LogP contribution >= 0.6 is 0 Å². The minimum atomic E-state index is -0.389. The van der Waals surface area contributed by atoms with Crippen LogP contribution in [-0.4, -0.2) is 39.4 Å². The van der Waals surface area contributed by atoms with Crippen LogP contribution in [0, 0.1) is 5.92 Å². The molecule has 1 N–H and O–H groups in total. The first kappa shape index (κ1) is 13.7. The summed E-state index contributed by atoms with van der Waals surface area (Å²) in [4.78, 5) is 11.9. The van der Waals surface area contributed by atoms with Gasteiger partial charge < -0.3 is 19.5 Å². The average molecular weight is 265 g/mol. The van der Waals surface area contributed by atoms with E-state index in [9.17, 15) is 4.79 Å². The van der Waals surface area contributed by atoms with E-state index >= 15 is 0 Å². The highest BCUT2D eigenvalue weighted by Crippen LogP contribution is 2.23. The Labute approximate surface area is 112 Å². The maximum absolute atomic E-state index is 11.9. The van der Waals surface area contributed by atoms with E-state index in [4.69, 9.17) is 14.2 Å². The number of methoxy groups -OCH3 is 2. The van der Waals surface area contributed by atoms with Gasteiger partial charge in [0.15, 0.2) is 0 Å². The third-order valence-corrected chi connectivity index (χ3v) is 3.28. The van der Waals surface area contributed by atoms with Gasteiger partial charge >= 0.3 is 5.97 Å². The number of ether oxygens (including phenoxy) is 3. The van der Waals surface area contributed by atoms with Gasteiger partial charge in [0, 0.05) is 24.3 Å². The maximum atomic E-state index is 11.9. The maximum Gasteiger partial charge on any atom is 0.328 e. The highest BCUT2D eigenvalue weighted by Gasteiger charge is 2.32. The number of benzene rings is 1. The Balaban J connectivity index is 2.12. The fourth-order valence-corrected chi connectivity index (χ4v) is 2.20. The van der Waals surface area contributed by atoms with E-state index in [1.165, 1.54) is 7.11 Å². The molecule has 0 radical (unpaired) electrons. The molecule has 1 heterocycles. The van der Waals surface area contributed by atoms with E-state index in [-0.39, 0.29) is 17.9 Å². The van der Waals surface area contributed by atoms with Gasteiger partial charge in [-0.3, -0.25) is 0 Å². The molecule has 104 valence electrons. The SMILES string of the molecule is COC(=O)C(Nc1cccc(OC)c1)C1CCOC1. The van der Waals surface area contributed by atoms with Crippen LogP contribution in [-0.2, 0) is 14.3 Å². The molecule has 0 amide bonds. The Kier molecular flexibility index (Phi) is 4.63. The quantitative estimate of drug-likeness (QED) is 0.821. The molecule has 2 atom stereocenters. The van der Waals surface area contributed by atoms with Crippen molar-refractivity contribution < 1.29 is 19.0 Å². The smallest absolute Gasteiger partial charge is 0.328 e. The zero-order valence-electron chi connectivity index (χ0n) is 11.2. The van der Waals surface area contributed by atoms with E-state index in [1.807, 2.05) is 24.3 Å². The molecule has 1 aromatic rings. The lowest BCUT2D eigenvalue weighted by Gasteiger charge is -2.22. The minimum absolute atomic E-state index is 0.138. The number of nitrogens with one attached hydrogen (secondary N) is 1. The molecule has 19 heavy (non-hydrogen) atoms.